The largest absolute Gasteiger partial charge is 0.380 e. The summed E-state index contributed by atoms with van der Waals surface area (Å²) >= 11 is 7.39. The van der Waals surface area contributed by atoms with E-state index in [9.17, 15) is 0 Å². The molecule has 1 aromatic carbocycles. The summed E-state index contributed by atoms with van der Waals surface area (Å²) in [6.45, 7) is 3.36. The lowest BCUT2D eigenvalue weighted by molar-refractivity contribution is 0.139. The first kappa shape index (κ1) is 14.9. The fourth-order valence-electron chi connectivity index (χ4n) is 2.60. The van der Waals surface area contributed by atoms with Crippen LogP contribution in [0.15, 0.2) is 30.3 Å². The van der Waals surface area contributed by atoms with E-state index in [1.54, 1.807) is 0 Å². The molecule has 0 N–H and O–H groups in total. The second-order valence-corrected chi connectivity index (χ2v) is 6.57. The quantitative estimate of drug-likeness (QED) is 0.819. The number of ether oxygens (including phenoxy) is 1. The van der Waals surface area contributed by atoms with Crippen LogP contribution in [0.2, 0.25) is 4.34 Å². The van der Waals surface area contributed by atoms with Crippen molar-refractivity contribution in [3.63, 3.8) is 0 Å². The third kappa shape index (κ3) is 4.01. The van der Waals surface area contributed by atoms with Crippen molar-refractivity contribution in [1.29, 1.82) is 0 Å². The van der Waals surface area contributed by atoms with Crippen LogP contribution in [0, 0.1) is 0 Å². The molecule has 4 nitrogen and oxygen atoms in total. The Hall–Kier alpha value is -1.01. The third-order valence-electron chi connectivity index (χ3n) is 3.81. The molecule has 0 aliphatic carbocycles. The minimum Gasteiger partial charge on any atom is -0.380 e. The molecule has 1 aliphatic heterocycles. The molecule has 0 bridgehead atoms. The Morgan fingerprint density at radius 1 is 1.33 bits per heavy atom. The van der Waals surface area contributed by atoms with Gasteiger partial charge in [-0.2, -0.15) is 0 Å². The molecule has 0 spiro atoms. The normalized spacial score (nSPS) is 18.5. The number of halogens is 1. The Balaban J connectivity index is 1.65. The van der Waals surface area contributed by atoms with Crippen molar-refractivity contribution >= 4 is 23.1 Å². The van der Waals surface area contributed by atoms with Gasteiger partial charge in [-0.05, 0) is 18.4 Å². The van der Waals surface area contributed by atoms with Gasteiger partial charge >= 0.3 is 0 Å². The van der Waals surface area contributed by atoms with Gasteiger partial charge in [-0.25, -0.2) is 0 Å². The number of hydrogen-bond acceptors (Lipinski definition) is 5. The zero-order chi connectivity index (χ0) is 14.5. The Bertz CT molecular complexity index is 557. The zero-order valence-corrected chi connectivity index (χ0v) is 13.3. The summed E-state index contributed by atoms with van der Waals surface area (Å²) in [6.07, 6.45) is 2.09. The lowest BCUT2D eigenvalue weighted by Crippen LogP contribution is -2.37. The maximum Gasteiger partial charge on any atom is 0.138 e. The third-order valence-corrected chi connectivity index (χ3v) is 4.80. The van der Waals surface area contributed by atoms with Crippen LogP contribution in [0.5, 0.6) is 0 Å². The number of benzene rings is 1. The summed E-state index contributed by atoms with van der Waals surface area (Å²) in [5.41, 5.74) is 2.23. The Morgan fingerprint density at radius 3 is 2.86 bits per heavy atom. The molecule has 6 heteroatoms. The number of nitrogens with zero attached hydrogens (tertiary/aromatic N) is 3. The number of hydrogen-bond donors (Lipinski definition) is 0. The Kier molecular flexibility index (Phi) is 5.19. The highest BCUT2D eigenvalue weighted by Crippen LogP contribution is 2.22. The first-order valence-electron chi connectivity index (χ1n) is 7.15. The fraction of sp³-hybridized carbons (Fsp3) is 0.467. The van der Waals surface area contributed by atoms with Crippen LogP contribution in [0.4, 0.5) is 0 Å². The highest BCUT2D eigenvalue weighted by molar-refractivity contribution is 7.10. The standard InChI is InChI=1S/C15H18ClN3OS/c16-15-14(17-18-21-15)10-19(13-7-9-20-11-13)8-6-12-4-2-1-3-5-12/h1-5,13H,6-11H2/t13-/m0/s1. The average molecular weight is 324 g/mol. The summed E-state index contributed by atoms with van der Waals surface area (Å²) in [4.78, 5) is 2.42. The molecule has 1 aromatic heterocycles. The number of aromatic nitrogens is 2. The van der Waals surface area contributed by atoms with E-state index < -0.39 is 0 Å². The first-order valence-corrected chi connectivity index (χ1v) is 8.30. The molecule has 21 heavy (non-hydrogen) atoms. The van der Waals surface area contributed by atoms with Gasteiger partial charge in [0.25, 0.3) is 0 Å². The molecular formula is C15H18ClN3OS. The van der Waals surface area contributed by atoms with Crippen LogP contribution in [0.25, 0.3) is 0 Å². The summed E-state index contributed by atoms with van der Waals surface area (Å²) in [5.74, 6) is 0. The van der Waals surface area contributed by atoms with Crippen molar-refractivity contribution in [3.05, 3.63) is 45.9 Å². The minimum absolute atomic E-state index is 0.450. The fourth-order valence-corrected chi connectivity index (χ4v) is 3.21. The van der Waals surface area contributed by atoms with E-state index in [-0.39, 0.29) is 0 Å². The van der Waals surface area contributed by atoms with Crippen molar-refractivity contribution in [2.75, 3.05) is 19.8 Å². The first-order chi connectivity index (χ1) is 10.3. The molecule has 1 saturated heterocycles. The molecule has 3 rings (SSSR count). The van der Waals surface area contributed by atoms with E-state index in [2.05, 4.69) is 38.8 Å². The second kappa shape index (κ2) is 7.31. The average Bonchev–Trinajstić information content (AvgIpc) is 3.17. The minimum atomic E-state index is 0.450. The van der Waals surface area contributed by atoms with E-state index in [1.807, 2.05) is 6.07 Å². The Labute approximate surface area is 133 Å². The molecular weight excluding hydrogens is 306 g/mol. The maximum atomic E-state index is 6.14. The molecule has 0 amide bonds. The smallest absolute Gasteiger partial charge is 0.138 e. The lowest BCUT2D eigenvalue weighted by atomic mass is 10.1. The predicted molar refractivity (Wildman–Crippen MR) is 84.7 cm³/mol. The van der Waals surface area contributed by atoms with Crippen LogP contribution in [-0.4, -0.2) is 40.3 Å². The molecule has 1 aliphatic rings. The molecule has 0 unspecified atom stereocenters. The van der Waals surface area contributed by atoms with Gasteiger partial charge in [-0.15, -0.1) is 5.10 Å². The molecule has 2 aromatic rings. The van der Waals surface area contributed by atoms with Crippen molar-refractivity contribution in [2.24, 2.45) is 0 Å². The molecule has 2 heterocycles. The zero-order valence-electron chi connectivity index (χ0n) is 11.7. The van der Waals surface area contributed by atoms with Crippen molar-refractivity contribution in [1.82, 2.24) is 14.5 Å². The van der Waals surface area contributed by atoms with Gasteiger partial charge in [-0.3, -0.25) is 4.90 Å². The lowest BCUT2D eigenvalue weighted by Gasteiger charge is -2.27. The van der Waals surface area contributed by atoms with Gasteiger partial charge in [0.15, 0.2) is 0 Å². The molecule has 112 valence electrons. The van der Waals surface area contributed by atoms with E-state index >= 15 is 0 Å². The summed E-state index contributed by atoms with van der Waals surface area (Å²) in [7, 11) is 0. The second-order valence-electron chi connectivity index (χ2n) is 5.22. The highest BCUT2D eigenvalue weighted by Gasteiger charge is 2.24. The monoisotopic (exact) mass is 323 g/mol. The summed E-state index contributed by atoms with van der Waals surface area (Å²) < 4.78 is 10.1. The molecule has 0 saturated carbocycles. The van der Waals surface area contributed by atoms with Gasteiger partial charge in [0.1, 0.15) is 10.0 Å². The SMILES string of the molecule is Clc1snnc1CN(CCc1ccccc1)[C@H]1CCOC1. The highest BCUT2D eigenvalue weighted by atomic mass is 35.5. The van der Waals surface area contributed by atoms with Crippen LogP contribution < -0.4 is 0 Å². The molecule has 1 atom stereocenters. The maximum absolute atomic E-state index is 6.14. The summed E-state index contributed by atoms with van der Waals surface area (Å²) in [5, 5.41) is 4.14. The Morgan fingerprint density at radius 2 is 2.19 bits per heavy atom. The molecule has 0 radical (unpaired) electrons. The molecule has 1 fully saturated rings. The van der Waals surface area contributed by atoms with E-state index in [0.717, 1.165) is 44.8 Å². The van der Waals surface area contributed by atoms with Gasteiger partial charge in [0.05, 0.1) is 6.61 Å². The van der Waals surface area contributed by atoms with Gasteiger partial charge in [-0.1, -0.05) is 46.4 Å². The topological polar surface area (TPSA) is 38.2 Å². The van der Waals surface area contributed by atoms with Gasteiger partial charge in [0, 0.05) is 37.3 Å². The van der Waals surface area contributed by atoms with Gasteiger partial charge < -0.3 is 4.74 Å². The predicted octanol–water partition coefficient (Wildman–Crippen LogP) is 3.03. The van der Waals surface area contributed by atoms with Crippen LogP contribution in [0.1, 0.15) is 17.7 Å². The van der Waals surface area contributed by atoms with Crippen LogP contribution >= 0.6 is 23.1 Å². The van der Waals surface area contributed by atoms with E-state index in [1.165, 1.54) is 17.1 Å². The number of rotatable bonds is 6. The van der Waals surface area contributed by atoms with Gasteiger partial charge in [0.2, 0.25) is 0 Å². The van der Waals surface area contributed by atoms with Crippen molar-refractivity contribution in [3.8, 4) is 0 Å². The van der Waals surface area contributed by atoms with E-state index in [0.29, 0.717) is 10.4 Å². The van der Waals surface area contributed by atoms with E-state index in [4.69, 9.17) is 16.3 Å². The summed E-state index contributed by atoms with van der Waals surface area (Å²) in [6, 6.07) is 11.0. The van der Waals surface area contributed by atoms with Crippen LogP contribution in [-0.2, 0) is 17.7 Å². The van der Waals surface area contributed by atoms with Crippen molar-refractivity contribution in [2.45, 2.75) is 25.4 Å². The van der Waals surface area contributed by atoms with Crippen LogP contribution in [0.3, 0.4) is 0 Å². The van der Waals surface area contributed by atoms with Crippen molar-refractivity contribution < 1.29 is 4.74 Å².